The lowest BCUT2D eigenvalue weighted by molar-refractivity contribution is 0.407. The van der Waals surface area contributed by atoms with Gasteiger partial charge in [0.1, 0.15) is 5.75 Å². The first-order chi connectivity index (χ1) is 11.7. The van der Waals surface area contributed by atoms with Crippen molar-refractivity contribution in [3.05, 3.63) is 51.4 Å². The molecular weight excluding hydrogens is 324 g/mol. The summed E-state index contributed by atoms with van der Waals surface area (Å²) in [6.07, 6.45) is 1.65. The van der Waals surface area contributed by atoms with Crippen LogP contribution in [0.15, 0.2) is 29.1 Å². The van der Waals surface area contributed by atoms with E-state index in [1.807, 2.05) is 19.1 Å². The predicted molar refractivity (Wildman–Crippen MR) is 94.3 cm³/mol. The minimum Gasteiger partial charge on any atom is -0.496 e. The normalized spacial score (nSPS) is 14.0. The van der Waals surface area contributed by atoms with Crippen LogP contribution in [0.5, 0.6) is 5.75 Å². The Morgan fingerprint density at radius 3 is 3.04 bits per heavy atom. The van der Waals surface area contributed by atoms with Gasteiger partial charge in [0.2, 0.25) is 10.1 Å². The van der Waals surface area contributed by atoms with Crippen molar-refractivity contribution < 1.29 is 4.74 Å². The van der Waals surface area contributed by atoms with Crippen molar-refractivity contribution >= 4 is 21.4 Å². The maximum Gasteiger partial charge on any atom is 0.275 e. The summed E-state index contributed by atoms with van der Waals surface area (Å²) in [6.45, 7) is 3.61. The molecule has 124 valence electrons. The first-order valence-electron chi connectivity index (χ1n) is 7.99. The number of benzene rings is 1. The highest BCUT2D eigenvalue weighted by atomic mass is 32.1. The average molecular weight is 342 g/mol. The number of rotatable bonds is 3. The molecule has 24 heavy (non-hydrogen) atoms. The Morgan fingerprint density at radius 2 is 2.25 bits per heavy atom. The molecule has 1 aliphatic heterocycles. The molecule has 0 bridgehead atoms. The van der Waals surface area contributed by atoms with Gasteiger partial charge in [0, 0.05) is 30.4 Å². The Labute approximate surface area is 143 Å². The maximum absolute atomic E-state index is 12.2. The summed E-state index contributed by atoms with van der Waals surface area (Å²) in [5, 5.41) is 5.32. The molecule has 0 radical (unpaired) electrons. The molecule has 0 saturated heterocycles. The molecule has 0 N–H and O–H groups in total. The molecule has 0 saturated carbocycles. The van der Waals surface area contributed by atoms with Crippen LogP contribution in [0.2, 0.25) is 0 Å². The molecule has 0 spiro atoms. The van der Waals surface area contributed by atoms with Gasteiger partial charge in [-0.3, -0.25) is 4.79 Å². The highest BCUT2D eigenvalue weighted by Gasteiger charge is 2.22. The van der Waals surface area contributed by atoms with Crippen LogP contribution in [-0.2, 0) is 19.4 Å². The highest BCUT2D eigenvalue weighted by molar-refractivity contribution is 7.20. The molecule has 7 heteroatoms. The zero-order valence-electron chi connectivity index (χ0n) is 13.7. The number of methoxy groups -OCH3 is 1. The lowest BCUT2D eigenvalue weighted by Crippen LogP contribution is -2.30. The molecule has 1 aliphatic rings. The van der Waals surface area contributed by atoms with Crippen LogP contribution in [-0.4, -0.2) is 28.3 Å². The summed E-state index contributed by atoms with van der Waals surface area (Å²) in [7, 11) is 1.71. The van der Waals surface area contributed by atoms with Gasteiger partial charge >= 0.3 is 0 Å². The molecule has 6 nitrogen and oxygen atoms in total. The monoisotopic (exact) mass is 342 g/mol. The van der Waals surface area contributed by atoms with Gasteiger partial charge in [-0.25, -0.2) is 4.98 Å². The van der Waals surface area contributed by atoms with E-state index in [1.165, 1.54) is 27.0 Å². The fourth-order valence-corrected chi connectivity index (χ4v) is 4.03. The Bertz CT molecular complexity index is 963. The van der Waals surface area contributed by atoms with Gasteiger partial charge in [-0.1, -0.05) is 30.4 Å². The second-order valence-electron chi connectivity index (χ2n) is 5.79. The van der Waals surface area contributed by atoms with Crippen LogP contribution in [0.3, 0.4) is 0 Å². The van der Waals surface area contributed by atoms with Gasteiger partial charge in [-0.05, 0) is 24.5 Å². The van der Waals surface area contributed by atoms with Crippen LogP contribution < -0.4 is 15.2 Å². The third-order valence-electron chi connectivity index (χ3n) is 4.36. The van der Waals surface area contributed by atoms with E-state index in [0.29, 0.717) is 4.96 Å². The summed E-state index contributed by atoms with van der Waals surface area (Å²) >= 11 is 1.47. The van der Waals surface area contributed by atoms with Gasteiger partial charge in [-0.2, -0.15) is 4.52 Å². The number of nitrogens with zero attached hydrogens (tertiary/aromatic N) is 4. The molecule has 0 atom stereocenters. The average Bonchev–Trinajstić information content (AvgIpc) is 3.05. The van der Waals surface area contributed by atoms with Crippen molar-refractivity contribution in [3.63, 3.8) is 0 Å². The topological polar surface area (TPSA) is 59.7 Å². The first kappa shape index (κ1) is 15.1. The summed E-state index contributed by atoms with van der Waals surface area (Å²) in [6, 6.07) is 7.70. The van der Waals surface area contributed by atoms with E-state index in [0.717, 1.165) is 42.5 Å². The van der Waals surface area contributed by atoms with Crippen LogP contribution in [0.25, 0.3) is 4.96 Å². The zero-order valence-corrected chi connectivity index (χ0v) is 14.5. The van der Waals surface area contributed by atoms with Crippen LogP contribution >= 0.6 is 11.3 Å². The van der Waals surface area contributed by atoms with Crippen molar-refractivity contribution in [2.45, 2.75) is 26.3 Å². The van der Waals surface area contributed by atoms with Crippen molar-refractivity contribution in [1.29, 1.82) is 0 Å². The highest BCUT2D eigenvalue weighted by Crippen LogP contribution is 2.31. The van der Waals surface area contributed by atoms with Crippen LogP contribution in [0.4, 0.5) is 5.13 Å². The van der Waals surface area contributed by atoms with E-state index >= 15 is 0 Å². The van der Waals surface area contributed by atoms with Gasteiger partial charge in [0.15, 0.2) is 0 Å². The number of anilines is 1. The molecule has 1 aromatic carbocycles. The molecule has 0 aliphatic carbocycles. The Kier molecular flexibility index (Phi) is 3.72. The predicted octanol–water partition coefficient (Wildman–Crippen LogP) is 2.28. The Hall–Kier alpha value is -2.41. The minimum absolute atomic E-state index is 0.113. The largest absolute Gasteiger partial charge is 0.496 e. The van der Waals surface area contributed by atoms with E-state index in [2.05, 4.69) is 21.0 Å². The van der Waals surface area contributed by atoms with Crippen molar-refractivity contribution in [2.75, 3.05) is 18.6 Å². The number of aryl methyl sites for hydroxylation is 1. The quantitative estimate of drug-likeness (QED) is 0.731. The van der Waals surface area contributed by atoms with Gasteiger partial charge in [-0.15, -0.1) is 5.10 Å². The number of fused-ring (bicyclic) bond motifs is 2. The Morgan fingerprint density at radius 1 is 1.38 bits per heavy atom. The molecule has 3 aromatic rings. The van der Waals surface area contributed by atoms with Crippen LogP contribution in [0, 0.1) is 0 Å². The zero-order chi connectivity index (χ0) is 16.7. The lowest BCUT2D eigenvalue weighted by Gasteiger charge is -2.29. The molecule has 0 fully saturated rings. The van der Waals surface area contributed by atoms with E-state index in [1.54, 1.807) is 13.2 Å². The van der Waals surface area contributed by atoms with Crippen LogP contribution in [0.1, 0.15) is 23.7 Å². The SMILES string of the molecule is CCc1cc(=O)n2nc(N3CCc4c(cccc4OC)C3)sc2n1. The molecule has 2 aromatic heterocycles. The molecule has 3 heterocycles. The number of ether oxygens (including phenoxy) is 1. The van der Waals surface area contributed by atoms with Gasteiger partial charge in [0.05, 0.1) is 7.11 Å². The maximum atomic E-state index is 12.2. The van der Waals surface area contributed by atoms with E-state index in [9.17, 15) is 4.79 Å². The van der Waals surface area contributed by atoms with Crippen molar-refractivity contribution in [1.82, 2.24) is 14.6 Å². The second-order valence-corrected chi connectivity index (χ2v) is 6.72. The van der Waals surface area contributed by atoms with E-state index in [4.69, 9.17) is 4.74 Å². The van der Waals surface area contributed by atoms with E-state index < -0.39 is 0 Å². The van der Waals surface area contributed by atoms with E-state index in [-0.39, 0.29) is 5.56 Å². The third kappa shape index (κ3) is 2.45. The Balaban J connectivity index is 1.71. The first-order valence-corrected chi connectivity index (χ1v) is 8.80. The molecule has 4 rings (SSSR count). The molecular formula is C17H18N4O2S. The van der Waals surface area contributed by atoms with Crippen molar-refractivity contribution in [2.24, 2.45) is 0 Å². The summed E-state index contributed by atoms with van der Waals surface area (Å²) in [4.78, 5) is 19.5. The third-order valence-corrected chi connectivity index (χ3v) is 5.33. The fourth-order valence-electron chi connectivity index (χ4n) is 3.08. The van der Waals surface area contributed by atoms with Gasteiger partial charge < -0.3 is 9.64 Å². The number of hydrogen-bond donors (Lipinski definition) is 0. The standard InChI is InChI=1S/C17H18N4O2S/c1-3-12-9-15(22)21-16(18-12)24-17(19-21)20-8-7-13-11(10-20)5-4-6-14(13)23-2/h4-6,9H,3,7-8,10H2,1-2H3. The molecule has 0 unspecified atom stereocenters. The second kappa shape index (κ2) is 5.90. The molecule has 0 amide bonds. The smallest absolute Gasteiger partial charge is 0.275 e. The summed E-state index contributed by atoms with van der Waals surface area (Å²) in [5.74, 6) is 0.946. The fraction of sp³-hybridized carbons (Fsp3) is 0.353. The summed E-state index contributed by atoms with van der Waals surface area (Å²) < 4.78 is 6.86. The minimum atomic E-state index is -0.113. The number of hydrogen-bond acceptors (Lipinski definition) is 6. The van der Waals surface area contributed by atoms with Gasteiger partial charge in [0.25, 0.3) is 5.56 Å². The van der Waals surface area contributed by atoms with Crippen molar-refractivity contribution in [3.8, 4) is 5.75 Å². The summed E-state index contributed by atoms with van der Waals surface area (Å²) in [5.41, 5.74) is 3.21. The number of aromatic nitrogens is 3. The lowest BCUT2D eigenvalue weighted by atomic mass is 9.99.